The minimum atomic E-state index is -1.07. The van der Waals surface area contributed by atoms with Gasteiger partial charge >= 0.3 is 5.97 Å². The van der Waals surface area contributed by atoms with Crippen LogP contribution in [-0.4, -0.2) is 55.8 Å². The van der Waals surface area contributed by atoms with E-state index in [9.17, 15) is 14.7 Å². The lowest BCUT2D eigenvalue weighted by Crippen LogP contribution is -2.52. The van der Waals surface area contributed by atoms with Crippen molar-refractivity contribution in [3.8, 4) is 5.75 Å². The Hall–Kier alpha value is -1.79. The van der Waals surface area contributed by atoms with Crippen LogP contribution in [0.1, 0.15) is 23.2 Å². The fraction of sp³-hybridized carbons (Fsp3) is 0.500. The third-order valence-electron chi connectivity index (χ3n) is 4.13. The van der Waals surface area contributed by atoms with Crippen molar-refractivity contribution in [2.45, 2.75) is 12.8 Å². The number of aliphatic carboxylic acids is 1. The van der Waals surface area contributed by atoms with Crippen molar-refractivity contribution in [3.05, 3.63) is 28.8 Å². The first-order chi connectivity index (χ1) is 10.9. The van der Waals surface area contributed by atoms with Gasteiger partial charge in [0, 0.05) is 25.2 Å². The third-order valence-corrected chi connectivity index (χ3v) is 4.37. The Morgan fingerprint density at radius 3 is 2.74 bits per heavy atom. The molecule has 1 fully saturated rings. The molecular formula is C16H20ClNO5. The normalized spacial score (nSPS) is 21.1. The number of rotatable bonds is 5. The van der Waals surface area contributed by atoms with Gasteiger partial charge in [0.1, 0.15) is 11.2 Å². The minimum absolute atomic E-state index is 0.0682. The number of ether oxygens (including phenoxy) is 2. The number of carbonyl (C=O) groups excluding carboxylic acids is 1. The quantitative estimate of drug-likeness (QED) is 0.889. The van der Waals surface area contributed by atoms with E-state index in [1.165, 1.54) is 25.2 Å². The van der Waals surface area contributed by atoms with Gasteiger partial charge in [-0.05, 0) is 31.0 Å². The molecule has 1 aliphatic heterocycles. The van der Waals surface area contributed by atoms with Crippen LogP contribution in [0.3, 0.4) is 0 Å². The summed E-state index contributed by atoms with van der Waals surface area (Å²) in [6.45, 7) is 0.663. The highest BCUT2D eigenvalue weighted by atomic mass is 35.5. The molecule has 126 valence electrons. The molecule has 0 spiro atoms. The van der Waals surface area contributed by atoms with Crippen LogP contribution in [0, 0.1) is 5.41 Å². The Kier molecular flexibility index (Phi) is 5.49. The number of amides is 1. The Morgan fingerprint density at radius 2 is 2.13 bits per heavy atom. The number of benzene rings is 1. The van der Waals surface area contributed by atoms with Gasteiger partial charge < -0.3 is 19.5 Å². The predicted octanol–water partition coefficient (Wildman–Crippen LogP) is 2.30. The highest BCUT2D eigenvalue weighted by Crippen LogP contribution is 2.33. The van der Waals surface area contributed by atoms with Crippen LogP contribution in [-0.2, 0) is 9.53 Å². The van der Waals surface area contributed by atoms with E-state index >= 15 is 0 Å². The number of piperidine rings is 1. The largest absolute Gasteiger partial charge is 0.496 e. The van der Waals surface area contributed by atoms with Crippen LogP contribution in [0.15, 0.2) is 18.2 Å². The lowest BCUT2D eigenvalue weighted by molar-refractivity contribution is -0.155. The molecule has 1 aliphatic rings. The van der Waals surface area contributed by atoms with Crippen molar-refractivity contribution in [2.24, 2.45) is 5.41 Å². The topological polar surface area (TPSA) is 76.1 Å². The fourth-order valence-corrected chi connectivity index (χ4v) is 3.13. The third kappa shape index (κ3) is 3.59. The predicted molar refractivity (Wildman–Crippen MR) is 85.1 cm³/mol. The SMILES string of the molecule is COCC1(C(=O)O)CCCN(C(=O)c2cc(Cl)ccc2OC)C1. The summed E-state index contributed by atoms with van der Waals surface area (Å²) in [6, 6.07) is 4.80. The van der Waals surface area contributed by atoms with Crippen LogP contribution < -0.4 is 4.74 Å². The Morgan fingerprint density at radius 1 is 1.39 bits per heavy atom. The molecule has 0 saturated carbocycles. The lowest BCUT2D eigenvalue weighted by Gasteiger charge is -2.39. The van der Waals surface area contributed by atoms with E-state index in [4.69, 9.17) is 21.1 Å². The zero-order valence-corrected chi connectivity index (χ0v) is 13.9. The van der Waals surface area contributed by atoms with Crippen molar-refractivity contribution in [1.82, 2.24) is 4.90 Å². The number of hydrogen-bond acceptors (Lipinski definition) is 4. The second-order valence-corrected chi connectivity index (χ2v) is 6.13. The van der Waals surface area contributed by atoms with Crippen LogP contribution >= 0.6 is 11.6 Å². The molecule has 0 aromatic heterocycles. The number of likely N-dealkylation sites (tertiary alicyclic amines) is 1. The van der Waals surface area contributed by atoms with Crippen molar-refractivity contribution in [3.63, 3.8) is 0 Å². The van der Waals surface area contributed by atoms with E-state index in [0.717, 1.165) is 0 Å². The van der Waals surface area contributed by atoms with E-state index < -0.39 is 11.4 Å². The first kappa shape index (κ1) is 17.6. The molecule has 7 heteroatoms. The maximum atomic E-state index is 12.8. The molecule has 1 unspecified atom stereocenters. The summed E-state index contributed by atoms with van der Waals surface area (Å²) in [4.78, 5) is 26.0. The summed E-state index contributed by atoms with van der Waals surface area (Å²) in [5, 5.41) is 9.99. The van der Waals surface area contributed by atoms with Gasteiger partial charge in [0.25, 0.3) is 5.91 Å². The first-order valence-electron chi connectivity index (χ1n) is 7.28. The fourth-order valence-electron chi connectivity index (χ4n) is 2.95. The zero-order valence-electron chi connectivity index (χ0n) is 13.2. The molecule has 1 aromatic rings. The second kappa shape index (κ2) is 7.19. The van der Waals surface area contributed by atoms with Crippen LogP contribution in [0.25, 0.3) is 0 Å². The van der Waals surface area contributed by atoms with E-state index in [0.29, 0.717) is 35.7 Å². The smallest absolute Gasteiger partial charge is 0.313 e. The number of nitrogens with zero attached hydrogens (tertiary/aromatic N) is 1. The van der Waals surface area contributed by atoms with Crippen LogP contribution in [0.2, 0.25) is 5.02 Å². The monoisotopic (exact) mass is 341 g/mol. The second-order valence-electron chi connectivity index (χ2n) is 5.69. The average molecular weight is 342 g/mol. The molecular weight excluding hydrogens is 322 g/mol. The van der Waals surface area contributed by atoms with Gasteiger partial charge in [0.2, 0.25) is 0 Å². The van der Waals surface area contributed by atoms with Crippen molar-refractivity contribution in [1.29, 1.82) is 0 Å². The zero-order chi connectivity index (χ0) is 17.0. The molecule has 1 amide bonds. The van der Waals surface area contributed by atoms with E-state index in [-0.39, 0.29) is 19.1 Å². The number of carbonyl (C=O) groups is 2. The molecule has 23 heavy (non-hydrogen) atoms. The number of halogens is 1. The number of hydrogen-bond donors (Lipinski definition) is 1. The van der Waals surface area contributed by atoms with E-state index in [1.807, 2.05) is 0 Å². The summed E-state index contributed by atoms with van der Waals surface area (Å²) in [5.41, 5.74) is -0.743. The Labute approximate surface area is 139 Å². The standard InChI is InChI=1S/C16H20ClNO5/c1-22-10-16(15(20)21)6-3-7-18(9-16)14(19)12-8-11(17)4-5-13(12)23-2/h4-5,8H,3,6-7,9-10H2,1-2H3,(H,20,21). The molecule has 1 saturated heterocycles. The van der Waals surface area contributed by atoms with Crippen molar-refractivity contribution in [2.75, 3.05) is 33.9 Å². The Balaban J connectivity index is 2.29. The molecule has 0 radical (unpaired) electrons. The molecule has 1 aromatic carbocycles. The number of carboxylic acids is 1. The summed E-state index contributed by atoms with van der Waals surface area (Å²) in [6.07, 6.45) is 1.08. The molecule has 1 N–H and O–H groups in total. The molecule has 0 aliphatic carbocycles. The van der Waals surface area contributed by atoms with Gasteiger partial charge in [-0.3, -0.25) is 9.59 Å². The lowest BCUT2D eigenvalue weighted by atomic mass is 9.80. The summed E-state index contributed by atoms with van der Waals surface area (Å²) in [5.74, 6) is -0.821. The number of methoxy groups -OCH3 is 2. The highest BCUT2D eigenvalue weighted by molar-refractivity contribution is 6.31. The highest BCUT2D eigenvalue weighted by Gasteiger charge is 2.44. The summed E-state index contributed by atoms with van der Waals surface area (Å²) in [7, 11) is 2.94. The van der Waals surface area contributed by atoms with Gasteiger partial charge in [0.05, 0.1) is 19.3 Å². The average Bonchev–Trinajstić information content (AvgIpc) is 2.54. The van der Waals surface area contributed by atoms with Gasteiger partial charge in [-0.15, -0.1) is 0 Å². The van der Waals surface area contributed by atoms with Gasteiger partial charge in [-0.2, -0.15) is 0 Å². The summed E-state index contributed by atoms with van der Waals surface area (Å²) >= 11 is 5.97. The summed E-state index contributed by atoms with van der Waals surface area (Å²) < 4.78 is 10.3. The van der Waals surface area contributed by atoms with Crippen LogP contribution in [0.5, 0.6) is 5.75 Å². The first-order valence-corrected chi connectivity index (χ1v) is 7.66. The minimum Gasteiger partial charge on any atom is -0.496 e. The molecule has 0 bridgehead atoms. The maximum Gasteiger partial charge on any atom is 0.313 e. The van der Waals surface area contributed by atoms with Gasteiger partial charge in [-0.1, -0.05) is 11.6 Å². The van der Waals surface area contributed by atoms with E-state index in [2.05, 4.69) is 0 Å². The van der Waals surface area contributed by atoms with Gasteiger partial charge in [0.15, 0.2) is 0 Å². The molecule has 1 atom stereocenters. The maximum absolute atomic E-state index is 12.8. The molecule has 6 nitrogen and oxygen atoms in total. The van der Waals surface area contributed by atoms with E-state index in [1.54, 1.807) is 12.1 Å². The molecule has 1 heterocycles. The van der Waals surface area contributed by atoms with Crippen molar-refractivity contribution < 1.29 is 24.2 Å². The van der Waals surface area contributed by atoms with Crippen LogP contribution in [0.4, 0.5) is 0 Å². The van der Waals surface area contributed by atoms with Gasteiger partial charge in [-0.25, -0.2) is 0 Å². The Bertz CT molecular complexity index is 602. The number of carboxylic acid groups (broad SMARTS) is 1. The molecule has 2 rings (SSSR count). The van der Waals surface area contributed by atoms with Crippen molar-refractivity contribution >= 4 is 23.5 Å².